The van der Waals surface area contributed by atoms with Crippen LogP contribution in [0, 0.1) is 10.1 Å². The SMILES string of the molecule is O=[N+]([O-])CCNF. The maximum Gasteiger partial charge on any atom is 0.218 e. The average molecular weight is 108 g/mol. The van der Waals surface area contributed by atoms with Gasteiger partial charge in [-0.05, 0) is 0 Å². The second kappa shape index (κ2) is 3.48. The van der Waals surface area contributed by atoms with Crippen molar-refractivity contribution < 1.29 is 9.40 Å². The molecule has 0 aromatic heterocycles. The van der Waals surface area contributed by atoms with Gasteiger partial charge in [-0.2, -0.15) is 5.54 Å². The number of hydrogen-bond acceptors (Lipinski definition) is 3. The van der Waals surface area contributed by atoms with Crippen molar-refractivity contribution in [3.05, 3.63) is 10.1 Å². The van der Waals surface area contributed by atoms with Crippen LogP contribution in [-0.2, 0) is 0 Å². The molecule has 0 rings (SSSR count). The lowest BCUT2D eigenvalue weighted by molar-refractivity contribution is -0.478. The Morgan fingerprint density at radius 3 is 2.57 bits per heavy atom. The molecule has 0 amide bonds. The minimum absolute atomic E-state index is 0.215. The van der Waals surface area contributed by atoms with Crippen molar-refractivity contribution in [1.82, 2.24) is 5.54 Å². The molecule has 7 heavy (non-hydrogen) atoms. The summed E-state index contributed by atoms with van der Waals surface area (Å²) >= 11 is 0. The molecule has 0 aliphatic rings. The highest BCUT2D eigenvalue weighted by Crippen LogP contribution is 1.63. The van der Waals surface area contributed by atoms with Gasteiger partial charge in [-0.15, -0.1) is 4.48 Å². The molecule has 0 aromatic carbocycles. The van der Waals surface area contributed by atoms with Crippen LogP contribution in [0.1, 0.15) is 0 Å². The van der Waals surface area contributed by atoms with Crippen LogP contribution < -0.4 is 5.54 Å². The van der Waals surface area contributed by atoms with Crippen molar-refractivity contribution >= 4 is 0 Å². The maximum atomic E-state index is 10.8. The summed E-state index contributed by atoms with van der Waals surface area (Å²) < 4.78 is 10.8. The normalized spacial score (nSPS) is 8.71. The van der Waals surface area contributed by atoms with E-state index < -0.39 is 4.92 Å². The van der Waals surface area contributed by atoms with Gasteiger partial charge in [0.25, 0.3) is 0 Å². The third-order valence-electron chi connectivity index (χ3n) is 0.389. The van der Waals surface area contributed by atoms with Crippen molar-refractivity contribution in [3.63, 3.8) is 0 Å². The molecular formula is C2H5FN2O2. The second-order valence-electron chi connectivity index (χ2n) is 0.940. The summed E-state index contributed by atoms with van der Waals surface area (Å²) in [6.45, 7) is -0.580. The van der Waals surface area contributed by atoms with Crippen molar-refractivity contribution in [2.75, 3.05) is 13.1 Å². The van der Waals surface area contributed by atoms with Gasteiger partial charge in [-0.25, -0.2) is 0 Å². The molecule has 5 heteroatoms. The van der Waals surface area contributed by atoms with E-state index in [1.165, 1.54) is 0 Å². The number of nitrogens with one attached hydrogen (secondary N) is 1. The summed E-state index contributed by atoms with van der Waals surface area (Å²) in [5, 5.41) is 9.36. The fourth-order valence-corrected chi connectivity index (χ4v) is 0.134. The standard InChI is InChI=1S/C2H5FN2O2/c3-4-1-2-5(6)7/h4H,1-2H2. The Bertz CT molecular complexity index is 66.7. The lowest BCUT2D eigenvalue weighted by Gasteiger charge is -1.84. The first-order valence-corrected chi connectivity index (χ1v) is 1.72. The highest BCUT2D eigenvalue weighted by atomic mass is 19.2. The summed E-state index contributed by atoms with van der Waals surface area (Å²) in [6.07, 6.45) is 0. The van der Waals surface area contributed by atoms with Crippen LogP contribution >= 0.6 is 0 Å². The monoisotopic (exact) mass is 108 g/mol. The van der Waals surface area contributed by atoms with E-state index >= 15 is 0 Å². The summed E-state index contributed by atoms with van der Waals surface area (Å²) in [6, 6.07) is 0. The van der Waals surface area contributed by atoms with Gasteiger partial charge < -0.3 is 0 Å². The van der Waals surface area contributed by atoms with Crippen molar-refractivity contribution in [1.29, 1.82) is 0 Å². The molecular weight excluding hydrogens is 103 g/mol. The molecule has 0 aliphatic carbocycles. The minimum Gasteiger partial charge on any atom is -0.264 e. The van der Waals surface area contributed by atoms with E-state index in [1.54, 1.807) is 0 Å². The van der Waals surface area contributed by atoms with Crippen LogP contribution in [0.4, 0.5) is 4.48 Å². The van der Waals surface area contributed by atoms with Gasteiger partial charge in [-0.1, -0.05) is 0 Å². The molecule has 0 radical (unpaired) electrons. The van der Waals surface area contributed by atoms with Gasteiger partial charge in [0.05, 0.1) is 6.54 Å². The zero-order chi connectivity index (χ0) is 5.70. The molecule has 0 fully saturated rings. The first kappa shape index (κ1) is 6.29. The van der Waals surface area contributed by atoms with Gasteiger partial charge in [0, 0.05) is 4.92 Å². The number of rotatable bonds is 3. The highest BCUT2D eigenvalue weighted by molar-refractivity contribution is 4.26. The van der Waals surface area contributed by atoms with E-state index in [4.69, 9.17) is 0 Å². The number of hydrogen-bond donors (Lipinski definition) is 1. The zero-order valence-electron chi connectivity index (χ0n) is 3.56. The van der Waals surface area contributed by atoms with Gasteiger partial charge in [0.1, 0.15) is 0 Å². The summed E-state index contributed by atoms with van der Waals surface area (Å²) in [5.74, 6) is 0. The smallest absolute Gasteiger partial charge is 0.218 e. The van der Waals surface area contributed by atoms with Crippen LogP contribution in [-0.4, -0.2) is 18.0 Å². The van der Waals surface area contributed by atoms with Gasteiger partial charge in [0.2, 0.25) is 6.54 Å². The molecule has 0 saturated heterocycles. The number of nitro groups is 1. The van der Waals surface area contributed by atoms with E-state index in [1.807, 2.05) is 0 Å². The third kappa shape index (κ3) is 5.29. The van der Waals surface area contributed by atoms with Gasteiger partial charge in [0.15, 0.2) is 0 Å². The van der Waals surface area contributed by atoms with E-state index in [2.05, 4.69) is 0 Å². The Kier molecular flexibility index (Phi) is 3.13. The van der Waals surface area contributed by atoms with Crippen LogP contribution in [0.3, 0.4) is 0 Å². The molecule has 0 aromatic rings. The Labute approximate surface area is 39.4 Å². The zero-order valence-corrected chi connectivity index (χ0v) is 3.56. The topological polar surface area (TPSA) is 55.2 Å². The lowest BCUT2D eigenvalue weighted by atomic mass is 10.7. The third-order valence-corrected chi connectivity index (χ3v) is 0.389. The van der Waals surface area contributed by atoms with Crippen molar-refractivity contribution in [2.45, 2.75) is 0 Å². The van der Waals surface area contributed by atoms with Crippen molar-refractivity contribution in [3.8, 4) is 0 Å². The summed E-state index contributed by atoms with van der Waals surface area (Å²) in [7, 11) is 0. The maximum absolute atomic E-state index is 10.8. The number of halogens is 1. The van der Waals surface area contributed by atoms with Crippen LogP contribution in [0.2, 0.25) is 0 Å². The molecule has 42 valence electrons. The highest BCUT2D eigenvalue weighted by Gasteiger charge is 1.91. The largest absolute Gasteiger partial charge is 0.264 e. The summed E-state index contributed by atoms with van der Waals surface area (Å²) in [4.78, 5) is 8.77. The quantitative estimate of drug-likeness (QED) is 0.308. The molecule has 0 heterocycles. The Balaban J connectivity index is 2.82. The van der Waals surface area contributed by atoms with Crippen LogP contribution in [0.5, 0.6) is 0 Å². The molecule has 0 atom stereocenters. The van der Waals surface area contributed by atoms with Crippen molar-refractivity contribution in [2.24, 2.45) is 0 Å². The Morgan fingerprint density at radius 1 is 1.86 bits per heavy atom. The average Bonchev–Trinajstić information content (AvgIpc) is 1.61. The first-order valence-electron chi connectivity index (χ1n) is 1.72. The lowest BCUT2D eigenvalue weighted by Crippen LogP contribution is -2.14. The van der Waals surface area contributed by atoms with Crippen LogP contribution in [0.15, 0.2) is 0 Å². The Morgan fingerprint density at radius 2 is 2.43 bits per heavy atom. The fourth-order valence-electron chi connectivity index (χ4n) is 0.134. The van der Waals surface area contributed by atoms with Gasteiger partial charge >= 0.3 is 0 Å². The van der Waals surface area contributed by atoms with E-state index in [9.17, 15) is 14.6 Å². The fraction of sp³-hybridized carbons (Fsp3) is 1.00. The van der Waals surface area contributed by atoms with Gasteiger partial charge in [-0.3, -0.25) is 10.1 Å². The summed E-state index contributed by atoms with van der Waals surface area (Å²) in [5.41, 5.74) is 1.16. The molecule has 0 aliphatic heterocycles. The second-order valence-corrected chi connectivity index (χ2v) is 0.940. The first-order chi connectivity index (χ1) is 3.27. The molecule has 4 nitrogen and oxygen atoms in total. The minimum atomic E-state index is -0.591. The van der Waals surface area contributed by atoms with Crippen LogP contribution in [0.25, 0.3) is 0 Å². The van der Waals surface area contributed by atoms with E-state index in [0.717, 1.165) is 5.54 Å². The van der Waals surface area contributed by atoms with E-state index in [0.29, 0.717) is 0 Å². The molecule has 1 N–H and O–H groups in total. The predicted molar refractivity (Wildman–Crippen MR) is 21.0 cm³/mol. The van der Waals surface area contributed by atoms with E-state index in [-0.39, 0.29) is 13.1 Å². The number of nitrogens with zero attached hydrogens (tertiary/aromatic N) is 1. The molecule has 0 spiro atoms. The molecule has 0 bridgehead atoms. The molecule has 0 unspecified atom stereocenters. The molecule has 0 saturated carbocycles. The Hall–Kier alpha value is -0.710. The predicted octanol–water partition coefficient (Wildman–Crippen LogP) is -0.263.